The second-order valence-corrected chi connectivity index (χ2v) is 8.94. The fraction of sp³-hybridized carbons (Fsp3) is 0.400. The Labute approximate surface area is 211 Å². The molecule has 2 aliphatic rings. The van der Waals surface area contributed by atoms with E-state index in [0.29, 0.717) is 31.9 Å². The maximum atomic E-state index is 14.1. The third kappa shape index (κ3) is 6.56. The third-order valence-electron chi connectivity index (χ3n) is 6.43. The molecule has 1 atom stereocenters. The second-order valence-electron chi connectivity index (χ2n) is 8.94. The lowest BCUT2D eigenvalue weighted by atomic mass is 10.1. The second kappa shape index (κ2) is 11.2. The van der Waals surface area contributed by atoms with Gasteiger partial charge in [0, 0.05) is 45.0 Å². The summed E-state index contributed by atoms with van der Waals surface area (Å²) >= 11 is 0. The van der Waals surface area contributed by atoms with Crippen molar-refractivity contribution in [3.8, 4) is 0 Å². The van der Waals surface area contributed by atoms with Gasteiger partial charge in [0.1, 0.15) is 11.9 Å². The average molecular weight is 522 g/mol. The number of benzene rings is 2. The van der Waals surface area contributed by atoms with Gasteiger partial charge in [-0.05, 0) is 30.3 Å². The number of carbonyl (C=O) groups excluding carboxylic acids is 3. The van der Waals surface area contributed by atoms with Crippen molar-refractivity contribution in [1.29, 1.82) is 0 Å². The van der Waals surface area contributed by atoms with Gasteiger partial charge >= 0.3 is 6.18 Å². The quantitative estimate of drug-likeness (QED) is 0.571. The largest absolute Gasteiger partial charge is 0.416 e. The van der Waals surface area contributed by atoms with Crippen LogP contribution in [0.3, 0.4) is 0 Å². The van der Waals surface area contributed by atoms with Crippen LogP contribution < -0.4 is 15.5 Å². The Hall–Kier alpha value is -3.67. The molecule has 0 bridgehead atoms. The first-order valence-electron chi connectivity index (χ1n) is 11.9. The van der Waals surface area contributed by atoms with Crippen LogP contribution in [0, 0.1) is 5.82 Å². The van der Waals surface area contributed by atoms with E-state index in [1.165, 1.54) is 23.1 Å². The Balaban J connectivity index is 1.34. The van der Waals surface area contributed by atoms with Gasteiger partial charge in [-0.15, -0.1) is 0 Å². The molecule has 0 unspecified atom stereocenters. The van der Waals surface area contributed by atoms with Gasteiger partial charge < -0.3 is 20.4 Å². The number of nitrogens with one attached hydrogen (secondary N) is 2. The van der Waals surface area contributed by atoms with Crippen molar-refractivity contribution in [2.24, 2.45) is 0 Å². The number of hydrogen-bond donors (Lipinski definition) is 2. The van der Waals surface area contributed by atoms with Crippen molar-refractivity contribution < 1.29 is 31.9 Å². The fourth-order valence-electron chi connectivity index (χ4n) is 4.51. The molecule has 0 saturated carbocycles. The molecule has 8 nitrogen and oxygen atoms in total. The molecule has 2 aromatic carbocycles. The Kier molecular flexibility index (Phi) is 7.96. The molecular formula is C25H27F4N5O3. The van der Waals surface area contributed by atoms with E-state index >= 15 is 0 Å². The molecule has 2 saturated heterocycles. The number of alkyl halides is 3. The van der Waals surface area contributed by atoms with Gasteiger partial charge in [-0.1, -0.05) is 18.2 Å². The minimum Gasteiger partial charge on any atom is -0.367 e. The molecule has 0 aliphatic carbocycles. The summed E-state index contributed by atoms with van der Waals surface area (Å²) in [5.74, 6) is -1.82. The molecule has 0 spiro atoms. The van der Waals surface area contributed by atoms with Crippen LogP contribution in [-0.2, 0) is 20.6 Å². The van der Waals surface area contributed by atoms with E-state index in [-0.39, 0.29) is 37.0 Å². The van der Waals surface area contributed by atoms with E-state index in [9.17, 15) is 31.9 Å². The lowest BCUT2D eigenvalue weighted by Gasteiger charge is -2.39. The van der Waals surface area contributed by atoms with Crippen LogP contribution in [0.1, 0.15) is 12.0 Å². The number of nitrogens with zero attached hydrogens (tertiary/aromatic N) is 3. The predicted octanol–water partition coefficient (Wildman–Crippen LogP) is 2.32. The summed E-state index contributed by atoms with van der Waals surface area (Å²) in [4.78, 5) is 43.4. The van der Waals surface area contributed by atoms with Crippen molar-refractivity contribution in [3.63, 3.8) is 0 Å². The zero-order valence-electron chi connectivity index (χ0n) is 19.9. The van der Waals surface area contributed by atoms with Gasteiger partial charge in [-0.2, -0.15) is 13.2 Å². The van der Waals surface area contributed by atoms with Crippen molar-refractivity contribution in [3.05, 3.63) is 59.9 Å². The highest BCUT2D eigenvalue weighted by Gasteiger charge is 2.36. The lowest BCUT2D eigenvalue weighted by molar-refractivity contribution is -0.145. The van der Waals surface area contributed by atoms with Gasteiger partial charge in [-0.3, -0.25) is 19.3 Å². The normalized spacial score (nSPS) is 18.9. The van der Waals surface area contributed by atoms with E-state index in [4.69, 9.17) is 0 Å². The van der Waals surface area contributed by atoms with Gasteiger partial charge in [0.05, 0.1) is 24.2 Å². The third-order valence-corrected chi connectivity index (χ3v) is 6.43. The SMILES string of the molecule is O=C(C[C@H]1C(=O)NCCN1C(=O)CN1CCN(c2ccccc2F)CC1)Nc1cccc(C(F)(F)F)c1. The van der Waals surface area contributed by atoms with Gasteiger partial charge in [-0.25, -0.2) is 4.39 Å². The van der Waals surface area contributed by atoms with E-state index < -0.39 is 36.0 Å². The monoisotopic (exact) mass is 521 g/mol. The number of halogens is 4. The van der Waals surface area contributed by atoms with Gasteiger partial charge in [0.2, 0.25) is 17.7 Å². The first-order chi connectivity index (χ1) is 17.6. The van der Waals surface area contributed by atoms with Gasteiger partial charge in [0.15, 0.2) is 0 Å². The molecule has 198 valence electrons. The Morgan fingerprint density at radius 2 is 1.73 bits per heavy atom. The summed E-state index contributed by atoms with van der Waals surface area (Å²) in [5, 5.41) is 5.02. The molecule has 3 amide bonds. The van der Waals surface area contributed by atoms with Crippen LogP contribution in [0.5, 0.6) is 0 Å². The summed E-state index contributed by atoms with van der Waals surface area (Å²) in [7, 11) is 0. The molecule has 0 radical (unpaired) electrons. The smallest absolute Gasteiger partial charge is 0.367 e. The predicted molar refractivity (Wildman–Crippen MR) is 128 cm³/mol. The molecule has 2 heterocycles. The molecule has 2 aliphatic heterocycles. The van der Waals surface area contributed by atoms with Crippen LogP contribution in [0.4, 0.5) is 28.9 Å². The topological polar surface area (TPSA) is 85.0 Å². The van der Waals surface area contributed by atoms with Crippen molar-refractivity contribution in [2.75, 3.05) is 56.0 Å². The molecular weight excluding hydrogens is 494 g/mol. The molecule has 2 N–H and O–H groups in total. The maximum Gasteiger partial charge on any atom is 0.416 e. The number of hydrogen-bond acceptors (Lipinski definition) is 5. The zero-order valence-corrected chi connectivity index (χ0v) is 19.9. The van der Waals surface area contributed by atoms with Crippen LogP contribution in [0.2, 0.25) is 0 Å². The number of para-hydroxylation sites is 1. The number of anilines is 2. The van der Waals surface area contributed by atoms with E-state index in [0.717, 1.165) is 12.1 Å². The number of piperazine rings is 2. The summed E-state index contributed by atoms with van der Waals surface area (Å²) in [5.41, 5.74) is -0.456. The van der Waals surface area contributed by atoms with E-state index in [1.807, 2.05) is 9.80 Å². The summed E-state index contributed by atoms with van der Waals surface area (Å²) in [6.45, 7) is 2.56. The summed E-state index contributed by atoms with van der Waals surface area (Å²) < 4.78 is 52.9. The van der Waals surface area contributed by atoms with Crippen LogP contribution >= 0.6 is 0 Å². The Morgan fingerprint density at radius 1 is 1.00 bits per heavy atom. The first kappa shape index (κ1) is 26.4. The van der Waals surface area contributed by atoms with E-state index in [2.05, 4.69) is 10.6 Å². The molecule has 37 heavy (non-hydrogen) atoms. The number of carbonyl (C=O) groups is 3. The van der Waals surface area contributed by atoms with Crippen LogP contribution in [0.25, 0.3) is 0 Å². The van der Waals surface area contributed by atoms with Crippen LogP contribution in [-0.4, -0.2) is 79.4 Å². The summed E-state index contributed by atoms with van der Waals surface area (Å²) in [6.07, 6.45) is -4.96. The lowest BCUT2D eigenvalue weighted by Crippen LogP contribution is -2.60. The minimum absolute atomic E-state index is 0.0319. The highest BCUT2D eigenvalue weighted by Crippen LogP contribution is 2.30. The molecule has 0 aromatic heterocycles. The van der Waals surface area contributed by atoms with Crippen LogP contribution in [0.15, 0.2) is 48.5 Å². The number of rotatable bonds is 6. The minimum atomic E-state index is -4.56. The maximum absolute atomic E-state index is 14.1. The molecule has 12 heteroatoms. The Morgan fingerprint density at radius 3 is 2.43 bits per heavy atom. The highest BCUT2D eigenvalue weighted by atomic mass is 19.4. The fourth-order valence-corrected chi connectivity index (χ4v) is 4.51. The van der Waals surface area contributed by atoms with Crippen molar-refractivity contribution in [2.45, 2.75) is 18.6 Å². The molecule has 4 rings (SSSR count). The van der Waals surface area contributed by atoms with Gasteiger partial charge in [0.25, 0.3) is 0 Å². The molecule has 2 fully saturated rings. The first-order valence-corrected chi connectivity index (χ1v) is 11.9. The Bertz CT molecular complexity index is 1150. The number of amides is 3. The van der Waals surface area contributed by atoms with Crippen molar-refractivity contribution >= 4 is 29.1 Å². The standard InChI is InChI=1S/C25H27F4N5O3/c26-19-6-1-2-7-20(19)33-12-10-32(11-13-33)16-23(36)34-9-8-30-24(37)21(34)15-22(35)31-18-5-3-4-17(14-18)25(27,28)29/h1-7,14,21H,8-13,15-16H2,(H,30,37)(H,31,35)/t21-/m0/s1. The average Bonchev–Trinajstić information content (AvgIpc) is 2.86. The highest BCUT2D eigenvalue weighted by molar-refractivity contribution is 5.97. The van der Waals surface area contributed by atoms with Crippen molar-refractivity contribution in [1.82, 2.24) is 15.1 Å². The molecule has 2 aromatic rings. The summed E-state index contributed by atoms with van der Waals surface area (Å²) in [6, 6.07) is 9.60. The zero-order chi connectivity index (χ0) is 26.6. The van der Waals surface area contributed by atoms with E-state index in [1.54, 1.807) is 18.2 Å².